The number of nitrogens with one attached hydrogen (secondary N) is 2. The van der Waals surface area contributed by atoms with E-state index in [9.17, 15) is 4.79 Å². The van der Waals surface area contributed by atoms with Crippen LogP contribution in [0.1, 0.15) is 36.5 Å². The molecule has 2 aromatic rings. The van der Waals surface area contributed by atoms with Gasteiger partial charge in [-0.3, -0.25) is 9.78 Å². The van der Waals surface area contributed by atoms with Crippen LogP contribution in [0.15, 0.2) is 28.9 Å². The molecule has 0 atom stereocenters. The van der Waals surface area contributed by atoms with E-state index in [1.54, 1.807) is 24.4 Å². The van der Waals surface area contributed by atoms with Gasteiger partial charge >= 0.3 is 0 Å². The fourth-order valence-corrected chi connectivity index (χ4v) is 1.77. The van der Waals surface area contributed by atoms with Crippen molar-refractivity contribution in [1.29, 1.82) is 0 Å². The summed E-state index contributed by atoms with van der Waals surface area (Å²) < 4.78 is 4.98. The number of hydrogen-bond acceptors (Lipinski definition) is 5. The fourth-order valence-electron chi connectivity index (χ4n) is 1.77. The topological polar surface area (TPSA) is 80.0 Å². The Kier molecular flexibility index (Phi) is 4.92. The second kappa shape index (κ2) is 6.88. The first-order valence-corrected chi connectivity index (χ1v) is 6.99. The maximum Gasteiger partial charge on any atom is 0.269 e. The Hall–Kier alpha value is -2.37. The maximum atomic E-state index is 12.0. The van der Waals surface area contributed by atoms with Gasteiger partial charge in [0, 0.05) is 24.5 Å². The Morgan fingerprint density at radius 1 is 1.38 bits per heavy atom. The summed E-state index contributed by atoms with van der Waals surface area (Å²) in [4.78, 5) is 16.1. The van der Waals surface area contributed by atoms with Crippen molar-refractivity contribution in [1.82, 2.24) is 15.5 Å². The van der Waals surface area contributed by atoms with Crippen molar-refractivity contribution in [3.8, 4) is 0 Å². The van der Waals surface area contributed by atoms with Crippen molar-refractivity contribution in [3.63, 3.8) is 0 Å². The molecule has 112 valence electrons. The molecule has 6 heteroatoms. The van der Waals surface area contributed by atoms with Crippen molar-refractivity contribution >= 4 is 17.4 Å². The van der Waals surface area contributed by atoms with Crippen LogP contribution in [0.2, 0.25) is 0 Å². The number of aromatic nitrogens is 2. The van der Waals surface area contributed by atoms with Gasteiger partial charge in [-0.05, 0) is 31.4 Å². The molecular weight excluding hydrogens is 268 g/mol. The quantitative estimate of drug-likeness (QED) is 0.854. The van der Waals surface area contributed by atoms with Crippen LogP contribution in [0, 0.1) is 12.8 Å². The zero-order valence-electron chi connectivity index (χ0n) is 12.5. The Labute approximate surface area is 123 Å². The lowest BCUT2D eigenvalue weighted by Gasteiger charge is -2.08. The molecule has 2 rings (SSSR count). The lowest BCUT2D eigenvalue weighted by molar-refractivity contribution is 0.0947. The molecule has 21 heavy (non-hydrogen) atoms. The maximum absolute atomic E-state index is 12.0. The number of carbonyl (C=O) groups is 1. The molecule has 0 spiro atoms. The van der Waals surface area contributed by atoms with Gasteiger partial charge < -0.3 is 15.2 Å². The van der Waals surface area contributed by atoms with Gasteiger partial charge in [-0.1, -0.05) is 19.0 Å². The highest BCUT2D eigenvalue weighted by Gasteiger charge is 2.08. The Bertz CT molecular complexity index is 607. The highest BCUT2D eigenvalue weighted by molar-refractivity contribution is 5.93. The third-order valence-electron chi connectivity index (χ3n) is 2.90. The first kappa shape index (κ1) is 15.0. The minimum absolute atomic E-state index is 0.171. The number of anilines is 2. The zero-order chi connectivity index (χ0) is 15.2. The van der Waals surface area contributed by atoms with E-state index in [1.807, 2.05) is 6.92 Å². The van der Waals surface area contributed by atoms with Gasteiger partial charge in [-0.25, -0.2) is 0 Å². The number of nitrogens with zero attached hydrogens (tertiary/aromatic N) is 2. The zero-order valence-corrected chi connectivity index (χ0v) is 12.5. The van der Waals surface area contributed by atoms with Crippen LogP contribution in [0.25, 0.3) is 0 Å². The van der Waals surface area contributed by atoms with Crippen molar-refractivity contribution in [2.75, 3.05) is 11.9 Å². The largest absolute Gasteiger partial charge is 0.360 e. The third kappa shape index (κ3) is 4.59. The molecule has 0 aromatic carbocycles. The molecule has 0 saturated carbocycles. The molecule has 2 aromatic heterocycles. The molecule has 2 heterocycles. The van der Waals surface area contributed by atoms with Crippen LogP contribution >= 0.6 is 0 Å². The molecule has 6 nitrogen and oxygen atoms in total. The van der Waals surface area contributed by atoms with Gasteiger partial charge in [-0.2, -0.15) is 0 Å². The van der Waals surface area contributed by atoms with E-state index in [1.165, 1.54) is 0 Å². The fraction of sp³-hybridized carbons (Fsp3) is 0.400. The van der Waals surface area contributed by atoms with Crippen LogP contribution < -0.4 is 10.6 Å². The Morgan fingerprint density at radius 2 is 2.19 bits per heavy atom. The average Bonchev–Trinajstić information content (AvgIpc) is 2.84. The molecule has 2 N–H and O–H groups in total. The highest BCUT2D eigenvalue weighted by atomic mass is 16.5. The summed E-state index contributed by atoms with van der Waals surface area (Å²) in [5.74, 6) is 1.71. The van der Waals surface area contributed by atoms with Crippen LogP contribution in [-0.2, 0) is 0 Å². The minimum atomic E-state index is -0.171. The molecule has 0 bridgehead atoms. The number of pyridine rings is 1. The number of hydrogen-bond donors (Lipinski definition) is 2. The molecule has 0 aliphatic carbocycles. The predicted molar refractivity (Wildman–Crippen MR) is 80.5 cm³/mol. The summed E-state index contributed by atoms with van der Waals surface area (Å²) in [7, 11) is 0. The lowest BCUT2D eigenvalue weighted by Crippen LogP contribution is -2.26. The monoisotopic (exact) mass is 288 g/mol. The molecular formula is C15H20N4O2. The second-order valence-corrected chi connectivity index (χ2v) is 5.32. The van der Waals surface area contributed by atoms with Gasteiger partial charge in [0.05, 0.1) is 0 Å². The van der Waals surface area contributed by atoms with Crippen LogP contribution in [-0.4, -0.2) is 22.6 Å². The standard InChI is InChI=1S/C15H20N4O2/c1-10(2)4-6-17-15(20)13-9-12(5-7-16-13)18-14-8-11(3)21-19-14/h5,7-10H,4,6H2,1-3H3,(H,17,20)(H,16,18,19). The van der Waals surface area contributed by atoms with E-state index in [0.29, 0.717) is 24.0 Å². The van der Waals surface area contributed by atoms with Crippen molar-refractivity contribution < 1.29 is 9.32 Å². The minimum Gasteiger partial charge on any atom is -0.360 e. The summed E-state index contributed by atoms with van der Waals surface area (Å²) in [5, 5.41) is 9.78. The van der Waals surface area contributed by atoms with E-state index in [2.05, 4.69) is 34.6 Å². The van der Waals surface area contributed by atoms with Crippen molar-refractivity contribution in [3.05, 3.63) is 35.9 Å². The number of rotatable bonds is 6. The first-order chi connectivity index (χ1) is 10.0. The van der Waals surface area contributed by atoms with Crippen LogP contribution in [0.5, 0.6) is 0 Å². The summed E-state index contributed by atoms with van der Waals surface area (Å²) in [5.41, 5.74) is 1.12. The molecule has 0 saturated heterocycles. The number of aryl methyl sites for hydroxylation is 1. The number of carbonyl (C=O) groups excluding carboxylic acids is 1. The Morgan fingerprint density at radius 3 is 2.86 bits per heavy atom. The average molecular weight is 288 g/mol. The second-order valence-electron chi connectivity index (χ2n) is 5.32. The lowest BCUT2D eigenvalue weighted by atomic mass is 10.1. The molecule has 1 amide bonds. The normalized spacial score (nSPS) is 10.7. The first-order valence-electron chi connectivity index (χ1n) is 6.99. The van der Waals surface area contributed by atoms with Crippen molar-refractivity contribution in [2.45, 2.75) is 27.2 Å². The number of amides is 1. The molecule has 0 unspecified atom stereocenters. The summed E-state index contributed by atoms with van der Waals surface area (Å²) in [6, 6.07) is 5.24. The summed E-state index contributed by atoms with van der Waals surface area (Å²) >= 11 is 0. The van der Waals surface area contributed by atoms with Crippen LogP contribution in [0.3, 0.4) is 0 Å². The predicted octanol–water partition coefficient (Wildman–Crippen LogP) is 2.90. The van der Waals surface area contributed by atoms with Crippen LogP contribution in [0.4, 0.5) is 11.5 Å². The van der Waals surface area contributed by atoms with E-state index in [-0.39, 0.29) is 5.91 Å². The molecule has 0 aliphatic heterocycles. The van der Waals surface area contributed by atoms with Gasteiger partial charge in [-0.15, -0.1) is 0 Å². The molecule has 0 fully saturated rings. The van der Waals surface area contributed by atoms with E-state index in [0.717, 1.165) is 17.9 Å². The smallest absolute Gasteiger partial charge is 0.269 e. The van der Waals surface area contributed by atoms with E-state index >= 15 is 0 Å². The Balaban J connectivity index is 1.98. The highest BCUT2D eigenvalue weighted by Crippen LogP contribution is 2.16. The SMILES string of the molecule is Cc1cc(Nc2ccnc(C(=O)NCCC(C)C)c2)no1. The van der Waals surface area contributed by atoms with Gasteiger partial charge in [0.15, 0.2) is 5.82 Å². The molecule has 0 aliphatic rings. The summed E-state index contributed by atoms with van der Waals surface area (Å²) in [6.45, 7) is 6.71. The van der Waals surface area contributed by atoms with Gasteiger partial charge in [0.2, 0.25) is 0 Å². The van der Waals surface area contributed by atoms with E-state index < -0.39 is 0 Å². The van der Waals surface area contributed by atoms with Crippen molar-refractivity contribution in [2.24, 2.45) is 5.92 Å². The third-order valence-corrected chi connectivity index (χ3v) is 2.90. The van der Waals surface area contributed by atoms with Gasteiger partial charge in [0.25, 0.3) is 5.91 Å². The van der Waals surface area contributed by atoms with E-state index in [4.69, 9.17) is 4.52 Å². The van der Waals surface area contributed by atoms with Gasteiger partial charge in [0.1, 0.15) is 11.5 Å². The molecule has 0 radical (unpaired) electrons. The summed E-state index contributed by atoms with van der Waals surface area (Å²) in [6.07, 6.45) is 2.54.